The minimum atomic E-state index is -1.31. The maximum absolute atomic E-state index is 13.2. The minimum Gasteiger partial charge on any atom is -0.478 e. The van der Waals surface area contributed by atoms with Gasteiger partial charge in [-0.1, -0.05) is 6.92 Å². The van der Waals surface area contributed by atoms with Gasteiger partial charge in [0.15, 0.2) is 0 Å². The number of benzene rings is 1. The van der Waals surface area contributed by atoms with Crippen molar-refractivity contribution in [3.8, 4) is 0 Å². The Labute approximate surface area is 104 Å². The number of nitrogens with two attached hydrogens (primary N) is 1. The van der Waals surface area contributed by atoms with Crippen LogP contribution in [0, 0.1) is 5.82 Å². The van der Waals surface area contributed by atoms with Gasteiger partial charge in [0.05, 0.1) is 17.0 Å². The van der Waals surface area contributed by atoms with E-state index in [1.807, 2.05) is 0 Å². The van der Waals surface area contributed by atoms with Crippen LogP contribution in [-0.4, -0.2) is 28.3 Å². The van der Waals surface area contributed by atoms with Gasteiger partial charge in [-0.15, -0.1) is 0 Å². The number of aromatic carboxylic acids is 1. The Morgan fingerprint density at radius 1 is 1.56 bits per heavy atom. The van der Waals surface area contributed by atoms with Crippen molar-refractivity contribution in [2.24, 2.45) is 0 Å². The quantitative estimate of drug-likeness (QED) is 0.601. The molecule has 0 heterocycles. The van der Waals surface area contributed by atoms with Crippen LogP contribution in [0.4, 0.5) is 15.8 Å². The highest BCUT2D eigenvalue weighted by atomic mass is 19.1. The van der Waals surface area contributed by atoms with Gasteiger partial charge >= 0.3 is 5.97 Å². The van der Waals surface area contributed by atoms with Crippen LogP contribution in [0.1, 0.15) is 30.6 Å². The van der Waals surface area contributed by atoms with E-state index in [2.05, 4.69) is 5.32 Å². The molecule has 1 aromatic carbocycles. The van der Waals surface area contributed by atoms with E-state index in [1.165, 1.54) is 6.07 Å². The van der Waals surface area contributed by atoms with Crippen LogP contribution in [-0.2, 0) is 0 Å². The van der Waals surface area contributed by atoms with Crippen LogP contribution >= 0.6 is 0 Å². The summed E-state index contributed by atoms with van der Waals surface area (Å²) in [5, 5.41) is 21.6. The average Bonchev–Trinajstić information content (AvgIpc) is 2.30. The van der Waals surface area contributed by atoms with Gasteiger partial charge in [0.2, 0.25) is 0 Å². The normalized spacial score (nSPS) is 14.0. The van der Waals surface area contributed by atoms with Gasteiger partial charge in [0.25, 0.3) is 0 Å². The van der Waals surface area contributed by atoms with Crippen LogP contribution in [0.25, 0.3) is 0 Å². The molecule has 5 N–H and O–H groups in total. The number of nitrogen functional groups attached to an aromatic ring is 1. The molecule has 0 radical (unpaired) electrons. The summed E-state index contributed by atoms with van der Waals surface area (Å²) in [5.41, 5.74) is 3.88. The molecular formula is C12H17FN2O3. The molecule has 1 aromatic rings. The summed E-state index contributed by atoms with van der Waals surface area (Å²) in [6, 6.07) is 2.38. The number of carbonyl (C=O) groups is 1. The lowest BCUT2D eigenvalue weighted by Gasteiger charge is -2.23. The highest BCUT2D eigenvalue weighted by Gasteiger charge is 2.21. The number of anilines is 2. The fourth-order valence-corrected chi connectivity index (χ4v) is 1.38. The summed E-state index contributed by atoms with van der Waals surface area (Å²) in [5.74, 6) is -2.09. The van der Waals surface area contributed by atoms with Gasteiger partial charge in [-0.2, -0.15) is 0 Å². The predicted molar refractivity (Wildman–Crippen MR) is 67.2 cm³/mol. The van der Waals surface area contributed by atoms with Crippen LogP contribution in [0.5, 0.6) is 0 Å². The molecule has 1 rings (SSSR count). The predicted octanol–water partition coefficient (Wildman–Crippen LogP) is 1.68. The molecule has 0 aromatic heterocycles. The average molecular weight is 256 g/mol. The topological polar surface area (TPSA) is 95.6 Å². The summed E-state index contributed by atoms with van der Waals surface area (Å²) in [7, 11) is 0. The summed E-state index contributed by atoms with van der Waals surface area (Å²) in [6.45, 7) is 3.57. The fraction of sp³-hybridized carbons (Fsp3) is 0.417. The number of rotatable bonds is 5. The van der Waals surface area contributed by atoms with Crippen molar-refractivity contribution in [3.63, 3.8) is 0 Å². The number of aliphatic hydroxyl groups is 1. The number of carboxylic acid groups (broad SMARTS) is 1. The molecule has 0 spiro atoms. The third-order valence-electron chi connectivity index (χ3n) is 2.83. The standard InChI is InChI=1S/C12H17FN2O3/c1-3-12(2,18)6-15-8-5-4-7(13)10(14)9(8)11(16)17/h4-5,15,18H,3,6,14H2,1-2H3,(H,16,17). The second kappa shape index (κ2) is 5.22. The monoisotopic (exact) mass is 256 g/mol. The Bertz CT molecular complexity index is 461. The second-order valence-corrected chi connectivity index (χ2v) is 4.39. The lowest BCUT2D eigenvalue weighted by molar-refractivity contribution is 0.0678. The van der Waals surface area contributed by atoms with Crippen molar-refractivity contribution in [2.75, 3.05) is 17.6 Å². The van der Waals surface area contributed by atoms with Crippen molar-refractivity contribution in [1.29, 1.82) is 0 Å². The highest BCUT2D eigenvalue weighted by molar-refractivity contribution is 6.00. The molecular weight excluding hydrogens is 239 g/mol. The minimum absolute atomic E-state index is 0.148. The molecule has 0 saturated heterocycles. The number of halogens is 1. The van der Waals surface area contributed by atoms with Crippen molar-refractivity contribution in [2.45, 2.75) is 25.9 Å². The Kier molecular flexibility index (Phi) is 4.13. The lowest BCUT2D eigenvalue weighted by atomic mass is 10.0. The summed E-state index contributed by atoms with van der Waals surface area (Å²) in [4.78, 5) is 11.0. The molecule has 0 amide bonds. The van der Waals surface area contributed by atoms with E-state index in [1.54, 1.807) is 13.8 Å². The second-order valence-electron chi connectivity index (χ2n) is 4.39. The number of nitrogens with one attached hydrogen (secondary N) is 1. The highest BCUT2D eigenvalue weighted by Crippen LogP contribution is 2.25. The largest absolute Gasteiger partial charge is 0.478 e. The Hall–Kier alpha value is -1.82. The van der Waals surface area contributed by atoms with Gasteiger partial charge in [0, 0.05) is 6.54 Å². The number of hydrogen-bond acceptors (Lipinski definition) is 4. The molecule has 0 aliphatic heterocycles. The smallest absolute Gasteiger partial charge is 0.340 e. The third-order valence-corrected chi connectivity index (χ3v) is 2.83. The third kappa shape index (κ3) is 3.10. The Morgan fingerprint density at radius 2 is 2.17 bits per heavy atom. The van der Waals surface area contributed by atoms with Crippen molar-refractivity contribution >= 4 is 17.3 Å². The molecule has 0 aliphatic rings. The first-order valence-corrected chi connectivity index (χ1v) is 5.56. The zero-order valence-electron chi connectivity index (χ0n) is 10.3. The van der Waals surface area contributed by atoms with Crippen molar-refractivity contribution in [1.82, 2.24) is 0 Å². The molecule has 0 aliphatic carbocycles. The molecule has 18 heavy (non-hydrogen) atoms. The number of hydrogen-bond donors (Lipinski definition) is 4. The Morgan fingerprint density at radius 3 is 2.67 bits per heavy atom. The van der Waals surface area contributed by atoms with Gasteiger partial charge in [-0.25, -0.2) is 9.18 Å². The van der Waals surface area contributed by atoms with Gasteiger partial charge in [-0.3, -0.25) is 0 Å². The van der Waals surface area contributed by atoms with Crippen LogP contribution in [0.2, 0.25) is 0 Å². The van der Waals surface area contributed by atoms with E-state index in [9.17, 15) is 14.3 Å². The maximum Gasteiger partial charge on any atom is 0.340 e. The van der Waals surface area contributed by atoms with Crippen LogP contribution in [0.3, 0.4) is 0 Å². The Balaban J connectivity index is 3.03. The van der Waals surface area contributed by atoms with Crippen LogP contribution < -0.4 is 11.1 Å². The first-order valence-electron chi connectivity index (χ1n) is 5.56. The first-order chi connectivity index (χ1) is 8.28. The SMILES string of the molecule is CCC(C)(O)CNc1ccc(F)c(N)c1C(=O)O. The first kappa shape index (κ1) is 14.2. The van der Waals surface area contributed by atoms with E-state index in [-0.39, 0.29) is 17.8 Å². The van der Waals surface area contributed by atoms with Gasteiger partial charge < -0.3 is 21.3 Å². The zero-order chi connectivity index (χ0) is 13.9. The number of carboxylic acids is 1. The maximum atomic E-state index is 13.2. The van der Waals surface area contributed by atoms with E-state index < -0.39 is 23.1 Å². The lowest BCUT2D eigenvalue weighted by Crippen LogP contribution is -2.33. The summed E-state index contributed by atoms with van der Waals surface area (Å²) in [6.07, 6.45) is 0.499. The molecule has 1 unspecified atom stereocenters. The molecule has 0 fully saturated rings. The molecule has 6 heteroatoms. The van der Waals surface area contributed by atoms with Crippen molar-refractivity contribution < 1.29 is 19.4 Å². The molecule has 1 atom stereocenters. The summed E-state index contributed by atoms with van der Waals surface area (Å²) < 4.78 is 13.2. The molecule has 5 nitrogen and oxygen atoms in total. The van der Waals surface area contributed by atoms with E-state index in [0.717, 1.165) is 6.07 Å². The summed E-state index contributed by atoms with van der Waals surface area (Å²) >= 11 is 0. The molecule has 100 valence electrons. The van der Waals surface area contributed by atoms with Gasteiger partial charge in [-0.05, 0) is 25.5 Å². The van der Waals surface area contributed by atoms with E-state index in [0.29, 0.717) is 6.42 Å². The molecule has 0 saturated carbocycles. The van der Waals surface area contributed by atoms with Gasteiger partial charge in [0.1, 0.15) is 11.4 Å². The van der Waals surface area contributed by atoms with Crippen LogP contribution in [0.15, 0.2) is 12.1 Å². The van der Waals surface area contributed by atoms with E-state index in [4.69, 9.17) is 10.8 Å². The van der Waals surface area contributed by atoms with Crippen molar-refractivity contribution in [3.05, 3.63) is 23.5 Å². The zero-order valence-corrected chi connectivity index (χ0v) is 10.3. The van der Waals surface area contributed by atoms with E-state index >= 15 is 0 Å². The molecule has 0 bridgehead atoms. The fourth-order valence-electron chi connectivity index (χ4n) is 1.38.